The van der Waals surface area contributed by atoms with Crippen LogP contribution in [0.1, 0.15) is 31.9 Å². The fourth-order valence-corrected chi connectivity index (χ4v) is 1.60. The number of imidazole rings is 1. The molecule has 1 aliphatic carbocycles. The van der Waals surface area contributed by atoms with Crippen molar-refractivity contribution >= 4 is 0 Å². The third-order valence-corrected chi connectivity index (χ3v) is 2.81. The lowest BCUT2D eigenvalue weighted by molar-refractivity contribution is 0.140. The Morgan fingerprint density at radius 1 is 1.62 bits per heavy atom. The maximum absolute atomic E-state index is 9.66. The molecule has 0 bridgehead atoms. The van der Waals surface area contributed by atoms with Gasteiger partial charge in [0.25, 0.3) is 0 Å². The minimum atomic E-state index is -0.331. The van der Waals surface area contributed by atoms with E-state index >= 15 is 0 Å². The lowest BCUT2D eigenvalue weighted by atomic mass is 10.1. The molecule has 1 N–H and O–H groups in total. The first-order chi connectivity index (χ1) is 6.23. The summed E-state index contributed by atoms with van der Waals surface area (Å²) in [6.45, 7) is 3.07. The van der Waals surface area contributed by atoms with Gasteiger partial charge in [0, 0.05) is 18.4 Å². The molecule has 1 aliphatic rings. The van der Waals surface area contributed by atoms with E-state index in [1.165, 1.54) is 5.69 Å². The van der Waals surface area contributed by atoms with Gasteiger partial charge in [0.2, 0.25) is 0 Å². The molecule has 13 heavy (non-hydrogen) atoms. The second-order valence-electron chi connectivity index (χ2n) is 3.90. The van der Waals surface area contributed by atoms with E-state index in [1.807, 2.05) is 12.5 Å². The summed E-state index contributed by atoms with van der Waals surface area (Å²) in [5.41, 5.74) is 0.908. The number of hydrogen-bond acceptors (Lipinski definition) is 2. The van der Waals surface area contributed by atoms with Crippen LogP contribution in [0.25, 0.3) is 0 Å². The monoisotopic (exact) mass is 180 g/mol. The first kappa shape index (κ1) is 8.75. The second-order valence-corrected chi connectivity index (χ2v) is 3.90. The molecule has 0 atom stereocenters. The van der Waals surface area contributed by atoms with Gasteiger partial charge in [0.15, 0.2) is 0 Å². The summed E-state index contributed by atoms with van der Waals surface area (Å²) in [7, 11) is 0. The van der Waals surface area contributed by atoms with Gasteiger partial charge in [-0.1, -0.05) is 0 Å². The third kappa shape index (κ3) is 1.91. The van der Waals surface area contributed by atoms with Crippen LogP contribution in [0.2, 0.25) is 0 Å². The van der Waals surface area contributed by atoms with Crippen molar-refractivity contribution in [2.45, 2.75) is 44.8 Å². The molecule has 0 aromatic carbocycles. The maximum atomic E-state index is 9.66. The molecule has 3 nitrogen and oxygen atoms in total. The molecule has 0 radical (unpaired) electrons. The van der Waals surface area contributed by atoms with Crippen LogP contribution < -0.4 is 0 Å². The lowest BCUT2D eigenvalue weighted by Crippen LogP contribution is -2.09. The van der Waals surface area contributed by atoms with Crippen LogP contribution in [0.4, 0.5) is 0 Å². The fraction of sp³-hybridized carbons (Fsp3) is 0.700. The molecular formula is C10H16N2O. The van der Waals surface area contributed by atoms with Crippen LogP contribution in [0.5, 0.6) is 0 Å². The van der Waals surface area contributed by atoms with Gasteiger partial charge in [-0.3, -0.25) is 0 Å². The molecule has 1 fully saturated rings. The van der Waals surface area contributed by atoms with E-state index in [2.05, 4.69) is 16.5 Å². The highest BCUT2D eigenvalue weighted by molar-refractivity contribution is 5.03. The second kappa shape index (κ2) is 3.14. The fourth-order valence-electron chi connectivity index (χ4n) is 1.60. The SMILES string of the molecule is CCn1cncc1CCC1(O)CC1. The highest BCUT2D eigenvalue weighted by atomic mass is 16.3. The molecule has 1 saturated carbocycles. The molecule has 1 aromatic rings. The van der Waals surface area contributed by atoms with E-state index in [9.17, 15) is 5.11 Å². The third-order valence-electron chi connectivity index (χ3n) is 2.81. The summed E-state index contributed by atoms with van der Waals surface area (Å²) in [4.78, 5) is 4.10. The average molecular weight is 180 g/mol. The van der Waals surface area contributed by atoms with Gasteiger partial charge in [0.05, 0.1) is 11.9 Å². The predicted octanol–water partition coefficient (Wildman–Crippen LogP) is 1.36. The highest BCUT2D eigenvalue weighted by Crippen LogP contribution is 2.39. The van der Waals surface area contributed by atoms with Gasteiger partial charge >= 0.3 is 0 Å². The van der Waals surface area contributed by atoms with E-state index in [0.717, 1.165) is 32.2 Å². The number of nitrogens with zero attached hydrogens (tertiary/aromatic N) is 2. The van der Waals surface area contributed by atoms with Crippen molar-refractivity contribution in [3.8, 4) is 0 Å². The predicted molar refractivity (Wildman–Crippen MR) is 50.4 cm³/mol. The van der Waals surface area contributed by atoms with Gasteiger partial charge in [-0.05, 0) is 32.6 Å². The zero-order valence-corrected chi connectivity index (χ0v) is 8.03. The van der Waals surface area contributed by atoms with Gasteiger partial charge in [-0.2, -0.15) is 0 Å². The minimum Gasteiger partial charge on any atom is -0.390 e. The molecule has 0 spiro atoms. The van der Waals surface area contributed by atoms with Crippen molar-refractivity contribution in [2.75, 3.05) is 0 Å². The van der Waals surface area contributed by atoms with E-state index in [1.54, 1.807) is 0 Å². The summed E-state index contributed by atoms with van der Waals surface area (Å²) in [5.74, 6) is 0. The first-order valence-corrected chi connectivity index (χ1v) is 4.95. The summed E-state index contributed by atoms with van der Waals surface area (Å²) in [6, 6.07) is 0. The minimum absolute atomic E-state index is 0.331. The zero-order valence-electron chi connectivity index (χ0n) is 8.03. The van der Waals surface area contributed by atoms with Crippen molar-refractivity contribution in [1.29, 1.82) is 0 Å². The van der Waals surface area contributed by atoms with Crippen LogP contribution in [0.15, 0.2) is 12.5 Å². The topological polar surface area (TPSA) is 38.0 Å². The van der Waals surface area contributed by atoms with E-state index in [0.29, 0.717) is 0 Å². The summed E-state index contributed by atoms with van der Waals surface area (Å²) >= 11 is 0. The highest BCUT2D eigenvalue weighted by Gasteiger charge is 2.39. The van der Waals surface area contributed by atoms with Crippen LogP contribution in [0, 0.1) is 0 Å². The quantitative estimate of drug-likeness (QED) is 0.759. The van der Waals surface area contributed by atoms with Crippen molar-refractivity contribution in [3.05, 3.63) is 18.2 Å². The summed E-state index contributed by atoms with van der Waals surface area (Å²) in [6.07, 6.45) is 7.55. The van der Waals surface area contributed by atoms with Crippen LogP contribution in [-0.4, -0.2) is 20.3 Å². The van der Waals surface area contributed by atoms with Gasteiger partial charge in [-0.15, -0.1) is 0 Å². The molecule has 0 amide bonds. The summed E-state index contributed by atoms with van der Waals surface area (Å²) < 4.78 is 2.13. The van der Waals surface area contributed by atoms with Crippen molar-refractivity contribution in [2.24, 2.45) is 0 Å². The number of aromatic nitrogens is 2. The first-order valence-electron chi connectivity index (χ1n) is 4.95. The largest absolute Gasteiger partial charge is 0.390 e. The lowest BCUT2D eigenvalue weighted by Gasteiger charge is -2.08. The average Bonchev–Trinajstić information content (AvgIpc) is 2.69. The van der Waals surface area contributed by atoms with Gasteiger partial charge in [-0.25, -0.2) is 4.98 Å². The number of rotatable bonds is 4. The summed E-state index contributed by atoms with van der Waals surface area (Å²) in [5, 5.41) is 9.66. The Labute approximate surface area is 78.4 Å². The van der Waals surface area contributed by atoms with Crippen molar-refractivity contribution in [1.82, 2.24) is 9.55 Å². The van der Waals surface area contributed by atoms with Gasteiger partial charge < -0.3 is 9.67 Å². The molecule has 2 rings (SSSR count). The molecule has 1 heterocycles. The molecule has 0 saturated heterocycles. The Balaban J connectivity index is 1.93. The molecule has 0 unspecified atom stereocenters. The van der Waals surface area contributed by atoms with E-state index in [-0.39, 0.29) is 5.60 Å². The number of aryl methyl sites for hydroxylation is 2. The zero-order chi connectivity index (χ0) is 9.31. The normalized spacial score (nSPS) is 18.9. The number of aliphatic hydroxyl groups is 1. The van der Waals surface area contributed by atoms with Crippen LogP contribution in [0.3, 0.4) is 0 Å². The van der Waals surface area contributed by atoms with E-state index in [4.69, 9.17) is 0 Å². The molecule has 72 valence electrons. The standard InChI is InChI=1S/C10H16N2O/c1-2-12-8-11-7-9(12)3-4-10(13)5-6-10/h7-8,13H,2-6H2,1H3. The Morgan fingerprint density at radius 3 is 3.00 bits per heavy atom. The maximum Gasteiger partial charge on any atom is 0.0948 e. The van der Waals surface area contributed by atoms with Gasteiger partial charge in [0.1, 0.15) is 0 Å². The van der Waals surface area contributed by atoms with Crippen molar-refractivity contribution in [3.63, 3.8) is 0 Å². The van der Waals surface area contributed by atoms with Crippen LogP contribution in [-0.2, 0) is 13.0 Å². The smallest absolute Gasteiger partial charge is 0.0948 e. The Hall–Kier alpha value is -0.830. The Kier molecular flexibility index (Phi) is 2.12. The molecule has 1 aromatic heterocycles. The molecule has 3 heteroatoms. The van der Waals surface area contributed by atoms with Crippen molar-refractivity contribution < 1.29 is 5.11 Å². The van der Waals surface area contributed by atoms with Crippen LogP contribution >= 0.6 is 0 Å². The molecule has 0 aliphatic heterocycles. The molecular weight excluding hydrogens is 164 g/mol. The number of hydrogen-bond donors (Lipinski definition) is 1. The Morgan fingerprint density at radius 2 is 2.38 bits per heavy atom. The Bertz CT molecular complexity index is 289. The van der Waals surface area contributed by atoms with E-state index < -0.39 is 0 Å².